The van der Waals surface area contributed by atoms with Crippen LogP contribution in [0.4, 0.5) is 0 Å². The van der Waals surface area contributed by atoms with Crippen LogP contribution in [0, 0.1) is 6.92 Å². The van der Waals surface area contributed by atoms with Crippen LogP contribution in [-0.2, 0) is 6.54 Å². The third-order valence-corrected chi connectivity index (χ3v) is 3.10. The Kier molecular flexibility index (Phi) is 3.38. The van der Waals surface area contributed by atoms with E-state index in [2.05, 4.69) is 47.9 Å². The molecule has 0 aliphatic heterocycles. The number of hydrogen-bond acceptors (Lipinski definition) is 1. The molecule has 0 spiro atoms. The van der Waals surface area contributed by atoms with E-state index in [-0.39, 0.29) is 24.0 Å². The maximum Gasteiger partial charge on any atom is 0.344 e. The Bertz CT molecular complexity index is 672. The van der Waals surface area contributed by atoms with Crippen molar-refractivity contribution in [1.29, 1.82) is 0 Å². The van der Waals surface area contributed by atoms with Crippen molar-refractivity contribution in [2.75, 3.05) is 0 Å². The lowest BCUT2D eigenvalue weighted by Crippen LogP contribution is -3.00. The second-order valence-corrected chi connectivity index (χ2v) is 4.00. The fraction of sp³-hybridized carbons (Fsp3) is 0.214. The lowest BCUT2D eigenvalue weighted by atomic mass is 10.1. The molecule has 0 aliphatic carbocycles. The maximum absolute atomic E-state index is 5.87. The highest BCUT2D eigenvalue weighted by atomic mass is 127. The Morgan fingerprint density at radius 1 is 1.12 bits per heavy atom. The first kappa shape index (κ1) is 12.4. The molecule has 0 fully saturated rings. The first-order valence-electron chi connectivity index (χ1n) is 5.62. The monoisotopic (exact) mass is 339 g/mol. The van der Waals surface area contributed by atoms with Crippen molar-refractivity contribution in [1.82, 2.24) is 0 Å². The van der Waals surface area contributed by atoms with Crippen LogP contribution >= 0.6 is 0 Å². The number of aromatic nitrogens is 1. The Hall–Kier alpha value is -1.10. The van der Waals surface area contributed by atoms with Gasteiger partial charge in [-0.05, 0) is 18.4 Å². The molecule has 3 rings (SSSR count). The van der Waals surface area contributed by atoms with Crippen molar-refractivity contribution >= 4 is 21.9 Å². The van der Waals surface area contributed by atoms with Gasteiger partial charge in [0.05, 0.1) is 6.92 Å². The van der Waals surface area contributed by atoms with E-state index in [1.54, 1.807) is 0 Å². The summed E-state index contributed by atoms with van der Waals surface area (Å²) in [6.45, 7) is 5.09. The van der Waals surface area contributed by atoms with E-state index >= 15 is 0 Å². The number of aryl methyl sites for hydroxylation is 2. The van der Waals surface area contributed by atoms with Crippen molar-refractivity contribution < 1.29 is 33.0 Å². The number of halogens is 1. The van der Waals surface area contributed by atoms with Gasteiger partial charge >= 0.3 is 5.89 Å². The van der Waals surface area contributed by atoms with Crippen LogP contribution < -0.4 is 28.5 Å². The van der Waals surface area contributed by atoms with E-state index < -0.39 is 0 Å². The summed E-state index contributed by atoms with van der Waals surface area (Å²) in [6, 6.07) is 12.6. The summed E-state index contributed by atoms with van der Waals surface area (Å²) in [5, 5.41) is 2.42. The van der Waals surface area contributed by atoms with Gasteiger partial charge in [0.1, 0.15) is 6.54 Å². The fourth-order valence-corrected chi connectivity index (χ4v) is 2.32. The highest BCUT2D eigenvalue weighted by Crippen LogP contribution is 2.24. The van der Waals surface area contributed by atoms with Gasteiger partial charge in [0.25, 0.3) is 5.52 Å². The molecule has 0 unspecified atom stereocenters. The number of nitrogens with zero attached hydrogens (tertiary/aromatic N) is 1. The molecule has 0 bridgehead atoms. The Balaban J connectivity index is 0.00000108. The molecule has 0 aliphatic rings. The van der Waals surface area contributed by atoms with Gasteiger partial charge in [-0.3, -0.25) is 0 Å². The molecule has 1 heterocycles. The van der Waals surface area contributed by atoms with Gasteiger partial charge in [0.15, 0.2) is 0 Å². The minimum absolute atomic E-state index is 0. The van der Waals surface area contributed by atoms with E-state index in [1.807, 2.05) is 6.92 Å². The number of hydrogen-bond donors (Lipinski definition) is 0. The number of rotatable bonds is 1. The summed E-state index contributed by atoms with van der Waals surface area (Å²) >= 11 is 0. The van der Waals surface area contributed by atoms with Gasteiger partial charge in [0.2, 0.25) is 5.58 Å². The van der Waals surface area contributed by atoms with Gasteiger partial charge in [-0.2, -0.15) is 4.57 Å². The third kappa shape index (κ3) is 1.82. The van der Waals surface area contributed by atoms with Crippen LogP contribution in [0.2, 0.25) is 0 Å². The zero-order chi connectivity index (χ0) is 11.1. The number of oxazole rings is 1. The molecule has 2 aromatic carbocycles. The minimum atomic E-state index is 0. The van der Waals surface area contributed by atoms with Crippen molar-refractivity contribution in [2.45, 2.75) is 20.4 Å². The predicted molar refractivity (Wildman–Crippen MR) is 64.3 cm³/mol. The van der Waals surface area contributed by atoms with Gasteiger partial charge in [0, 0.05) is 11.5 Å². The van der Waals surface area contributed by atoms with Crippen molar-refractivity contribution in [3.05, 3.63) is 42.3 Å². The zero-order valence-electron chi connectivity index (χ0n) is 9.90. The summed E-state index contributed by atoms with van der Waals surface area (Å²) in [4.78, 5) is 0. The van der Waals surface area contributed by atoms with Crippen molar-refractivity contribution in [2.24, 2.45) is 0 Å². The Morgan fingerprint density at radius 3 is 2.65 bits per heavy atom. The fourth-order valence-electron chi connectivity index (χ4n) is 2.32. The molecule has 0 N–H and O–H groups in total. The van der Waals surface area contributed by atoms with E-state index in [9.17, 15) is 0 Å². The molecule has 0 amide bonds. The lowest BCUT2D eigenvalue weighted by molar-refractivity contribution is -0.679. The molecule has 2 nitrogen and oxygen atoms in total. The van der Waals surface area contributed by atoms with Crippen LogP contribution in [0.25, 0.3) is 21.9 Å². The second-order valence-electron chi connectivity index (χ2n) is 4.00. The van der Waals surface area contributed by atoms with E-state index in [4.69, 9.17) is 4.42 Å². The maximum atomic E-state index is 5.87. The standard InChI is InChI=1S/C14H14NO.HI/c1-3-15-10(2)16-14-12-7-5-4-6-11(12)8-9-13(14)15;/h4-9H,3H2,1-2H3;1H/q+1;/p-1. The van der Waals surface area contributed by atoms with Gasteiger partial charge < -0.3 is 28.4 Å². The molecule has 0 saturated carbocycles. The smallest absolute Gasteiger partial charge is 0.344 e. The van der Waals surface area contributed by atoms with Crippen LogP contribution in [0.15, 0.2) is 40.8 Å². The normalized spacial score (nSPS) is 10.7. The molecule has 88 valence electrons. The topological polar surface area (TPSA) is 17.0 Å². The van der Waals surface area contributed by atoms with Gasteiger partial charge in [-0.15, -0.1) is 0 Å². The molecule has 1 aromatic heterocycles. The van der Waals surface area contributed by atoms with Crippen molar-refractivity contribution in [3.8, 4) is 0 Å². The molecule has 3 aromatic rings. The van der Waals surface area contributed by atoms with E-state index in [1.165, 1.54) is 16.3 Å². The van der Waals surface area contributed by atoms with Crippen molar-refractivity contribution in [3.63, 3.8) is 0 Å². The third-order valence-electron chi connectivity index (χ3n) is 3.10. The summed E-state index contributed by atoms with van der Waals surface area (Å²) in [5.74, 6) is 0.967. The quantitative estimate of drug-likeness (QED) is 0.458. The highest BCUT2D eigenvalue weighted by molar-refractivity contribution is 6.01. The van der Waals surface area contributed by atoms with E-state index in [0.29, 0.717) is 0 Å². The molecule has 17 heavy (non-hydrogen) atoms. The largest absolute Gasteiger partial charge is 1.00 e. The summed E-state index contributed by atoms with van der Waals surface area (Å²) in [7, 11) is 0. The van der Waals surface area contributed by atoms with Crippen LogP contribution in [0.5, 0.6) is 0 Å². The van der Waals surface area contributed by atoms with Gasteiger partial charge in [-0.1, -0.05) is 24.3 Å². The Morgan fingerprint density at radius 2 is 1.88 bits per heavy atom. The molecule has 0 radical (unpaired) electrons. The number of benzene rings is 2. The summed E-state index contributed by atoms with van der Waals surface area (Å²) in [6.07, 6.45) is 0. The van der Waals surface area contributed by atoms with Gasteiger partial charge in [-0.25, -0.2) is 0 Å². The number of fused-ring (bicyclic) bond motifs is 3. The predicted octanol–water partition coefficient (Wildman–Crippen LogP) is 0.206. The lowest BCUT2D eigenvalue weighted by Gasteiger charge is -1.94. The first-order chi connectivity index (χ1) is 7.81. The molecular formula is C14H14INO. The Labute approximate surface area is 117 Å². The van der Waals surface area contributed by atoms with Crippen LogP contribution in [0.1, 0.15) is 12.8 Å². The summed E-state index contributed by atoms with van der Waals surface area (Å²) < 4.78 is 8.06. The zero-order valence-corrected chi connectivity index (χ0v) is 12.1. The van der Waals surface area contributed by atoms with E-state index in [0.717, 1.165) is 18.0 Å². The second kappa shape index (κ2) is 4.64. The minimum Gasteiger partial charge on any atom is -1.00 e. The molecular weight excluding hydrogens is 325 g/mol. The molecule has 0 saturated heterocycles. The van der Waals surface area contributed by atoms with Crippen LogP contribution in [-0.4, -0.2) is 0 Å². The highest BCUT2D eigenvalue weighted by Gasteiger charge is 2.18. The van der Waals surface area contributed by atoms with Crippen LogP contribution in [0.3, 0.4) is 0 Å². The average Bonchev–Trinajstić information content (AvgIpc) is 2.65. The summed E-state index contributed by atoms with van der Waals surface area (Å²) in [5.41, 5.74) is 2.18. The molecule has 3 heteroatoms. The molecule has 0 atom stereocenters. The average molecular weight is 339 g/mol. The SMILES string of the molecule is CC[n+]1c(C)oc2c3ccccc3ccc21.[I-]. The first-order valence-corrected chi connectivity index (χ1v) is 5.62.